The van der Waals surface area contributed by atoms with Crippen molar-refractivity contribution in [2.24, 2.45) is 35.3 Å². The normalized spacial score (nSPS) is 26.7. The van der Waals surface area contributed by atoms with E-state index in [2.05, 4.69) is 17.7 Å². The molecule has 5 unspecified atom stereocenters. The second-order valence-corrected chi connectivity index (χ2v) is 14.7. The van der Waals surface area contributed by atoms with E-state index in [1.165, 1.54) is 0 Å². The van der Waals surface area contributed by atoms with Crippen LogP contribution in [-0.4, -0.2) is 88.2 Å². The molecule has 0 spiro atoms. The monoisotopic (exact) mass is 663 g/mol. The summed E-state index contributed by atoms with van der Waals surface area (Å²) in [5, 5.41) is 26.8. The van der Waals surface area contributed by atoms with E-state index in [4.69, 9.17) is 5.73 Å². The van der Waals surface area contributed by atoms with Crippen LogP contribution in [0, 0.1) is 29.6 Å². The molecule has 3 aliphatic carbocycles. The number of unbranched alkanes of at least 4 members (excludes halogenated alkanes) is 1. The van der Waals surface area contributed by atoms with Crippen molar-refractivity contribution in [2.45, 2.75) is 148 Å². The second-order valence-electron chi connectivity index (χ2n) is 14.7. The highest BCUT2D eigenvalue weighted by molar-refractivity contribution is 5.85. The number of aliphatic hydroxyl groups excluding tert-OH is 2. The third-order valence-corrected chi connectivity index (χ3v) is 10.8. The molecule has 3 rings (SSSR count). The molecule has 4 amide bonds. The number of nitrogens with two attached hydrogens (primary N) is 1. The van der Waals surface area contributed by atoms with Gasteiger partial charge in [-0.1, -0.05) is 46.5 Å². The van der Waals surface area contributed by atoms with Crippen molar-refractivity contribution >= 4 is 23.6 Å². The molecule has 3 fully saturated rings. The quantitative estimate of drug-likeness (QED) is 0.140. The van der Waals surface area contributed by atoms with Crippen LogP contribution in [0.3, 0.4) is 0 Å². The van der Waals surface area contributed by atoms with Gasteiger partial charge >= 0.3 is 0 Å². The van der Waals surface area contributed by atoms with E-state index < -0.39 is 35.8 Å². The number of hydrogen-bond donors (Lipinski definition) is 5. The van der Waals surface area contributed by atoms with Gasteiger partial charge in [-0.25, -0.2) is 5.01 Å². The zero-order chi connectivity index (χ0) is 34.3. The van der Waals surface area contributed by atoms with E-state index in [9.17, 15) is 29.4 Å². The number of hydrazine groups is 1. The molecule has 0 aliphatic heterocycles. The van der Waals surface area contributed by atoms with Gasteiger partial charge < -0.3 is 26.2 Å². The second kappa shape index (κ2) is 20.3. The molecule has 0 bridgehead atoms. The fourth-order valence-electron chi connectivity index (χ4n) is 7.96. The number of nitrogens with zero attached hydrogens (tertiary/aromatic N) is 2. The molecule has 0 aromatic carbocycles. The van der Waals surface area contributed by atoms with Gasteiger partial charge in [0, 0.05) is 49.9 Å². The minimum Gasteiger partial charge on any atom is -0.393 e. The summed E-state index contributed by atoms with van der Waals surface area (Å²) in [6.07, 6.45) is 11.8. The number of hydrogen-bond acceptors (Lipinski definition) is 7. The van der Waals surface area contributed by atoms with Crippen molar-refractivity contribution < 1.29 is 29.4 Å². The largest absolute Gasteiger partial charge is 0.393 e. The molecule has 0 radical (unpaired) electrons. The summed E-state index contributed by atoms with van der Waals surface area (Å²) in [5.74, 6) is -2.16. The number of rotatable bonds is 18. The lowest BCUT2D eigenvalue weighted by molar-refractivity contribution is -0.141. The molecule has 0 aromatic heterocycles. The number of amides is 4. The Kier molecular flexibility index (Phi) is 16.9. The smallest absolute Gasteiger partial charge is 0.237 e. The van der Waals surface area contributed by atoms with Crippen molar-refractivity contribution in [3.63, 3.8) is 0 Å². The Labute approximate surface area is 283 Å². The highest BCUT2D eigenvalue weighted by Crippen LogP contribution is 2.36. The summed E-state index contributed by atoms with van der Waals surface area (Å²) in [4.78, 5) is 55.0. The molecule has 3 aliphatic rings. The van der Waals surface area contributed by atoms with Gasteiger partial charge in [0.25, 0.3) is 0 Å². The van der Waals surface area contributed by atoms with E-state index in [1.807, 2.05) is 23.8 Å². The van der Waals surface area contributed by atoms with E-state index in [0.29, 0.717) is 51.7 Å². The molecular formula is C36H65N5O6. The summed E-state index contributed by atoms with van der Waals surface area (Å²) in [6, 6.07) is -0.585. The summed E-state index contributed by atoms with van der Waals surface area (Å²) < 4.78 is 0. The van der Waals surface area contributed by atoms with E-state index in [-0.39, 0.29) is 48.6 Å². The number of carbonyl (C=O) groups excluding carboxylic acids is 4. The van der Waals surface area contributed by atoms with Crippen LogP contribution in [0.15, 0.2) is 0 Å². The molecule has 47 heavy (non-hydrogen) atoms. The average Bonchev–Trinajstić information content (AvgIpc) is 3.07. The Morgan fingerprint density at radius 1 is 0.766 bits per heavy atom. The van der Waals surface area contributed by atoms with E-state index in [0.717, 1.165) is 70.6 Å². The zero-order valence-electron chi connectivity index (χ0n) is 29.5. The number of carbonyl (C=O) groups is 4. The maximum absolute atomic E-state index is 14.0. The van der Waals surface area contributed by atoms with Crippen molar-refractivity contribution in [1.29, 1.82) is 0 Å². The summed E-state index contributed by atoms with van der Waals surface area (Å²) >= 11 is 0. The summed E-state index contributed by atoms with van der Waals surface area (Å²) in [6.45, 7) is 8.20. The van der Waals surface area contributed by atoms with Crippen LogP contribution in [0.1, 0.15) is 130 Å². The lowest BCUT2D eigenvalue weighted by Gasteiger charge is -2.37. The Morgan fingerprint density at radius 3 is 1.98 bits per heavy atom. The summed E-state index contributed by atoms with van der Waals surface area (Å²) in [5.41, 5.74) is 8.86. The predicted octanol–water partition coefficient (Wildman–Crippen LogP) is 3.65. The first-order valence-electron chi connectivity index (χ1n) is 18.9. The van der Waals surface area contributed by atoms with E-state index in [1.54, 1.807) is 0 Å². The minimum absolute atomic E-state index is 0.00505. The van der Waals surface area contributed by atoms with Gasteiger partial charge in [-0.15, -0.1) is 0 Å². The SMILES string of the molecule is CCCCN(CC(O)C(CC1CCC(O)CC1)NC(=O)C1CC(C(N)=O)CC(C(=O)N(CCC)CCC)C1)NC(=O)C1CCCCC1. The Bertz CT molecular complexity index is 977. The van der Waals surface area contributed by atoms with Gasteiger partial charge in [0.1, 0.15) is 0 Å². The third-order valence-electron chi connectivity index (χ3n) is 10.8. The lowest BCUT2D eigenvalue weighted by atomic mass is 9.73. The topological polar surface area (TPSA) is 165 Å². The molecule has 11 nitrogen and oxygen atoms in total. The fourth-order valence-corrected chi connectivity index (χ4v) is 7.96. The molecule has 5 atom stereocenters. The number of nitrogens with one attached hydrogen (secondary N) is 2. The number of primary amides is 1. The fraction of sp³-hybridized carbons (Fsp3) is 0.889. The van der Waals surface area contributed by atoms with Crippen LogP contribution in [0.5, 0.6) is 0 Å². The first-order valence-corrected chi connectivity index (χ1v) is 18.9. The van der Waals surface area contributed by atoms with Gasteiger partial charge in [0.2, 0.25) is 23.6 Å². The van der Waals surface area contributed by atoms with Gasteiger partial charge in [-0.05, 0) is 89.4 Å². The van der Waals surface area contributed by atoms with Crippen LogP contribution in [-0.2, 0) is 19.2 Å². The van der Waals surface area contributed by atoms with Crippen molar-refractivity contribution in [1.82, 2.24) is 20.7 Å². The highest BCUT2D eigenvalue weighted by atomic mass is 16.3. The molecule has 0 saturated heterocycles. The van der Waals surface area contributed by atoms with Crippen molar-refractivity contribution in [2.75, 3.05) is 26.2 Å². The van der Waals surface area contributed by atoms with Crippen LogP contribution in [0.25, 0.3) is 0 Å². The molecule has 6 N–H and O–H groups in total. The van der Waals surface area contributed by atoms with Crippen LogP contribution in [0.2, 0.25) is 0 Å². The maximum Gasteiger partial charge on any atom is 0.237 e. The first-order chi connectivity index (χ1) is 22.6. The van der Waals surface area contributed by atoms with Crippen LogP contribution >= 0.6 is 0 Å². The van der Waals surface area contributed by atoms with Crippen molar-refractivity contribution in [3.05, 3.63) is 0 Å². The Balaban J connectivity index is 1.76. The van der Waals surface area contributed by atoms with Gasteiger partial charge in [0.05, 0.1) is 18.2 Å². The van der Waals surface area contributed by atoms with Crippen LogP contribution in [0.4, 0.5) is 0 Å². The molecule has 0 aromatic rings. The number of aliphatic hydroxyl groups is 2. The zero-order valence-corrected chi connectivity index (χ0v) is 29.5. The lowest BCUT2D eigenvalue weighted by Crippen LogP contribution is -2.55. The minimum atomic E-state index is -0.952. The standard InChI is InChI=1S/C36H65N5O6/c1-4-7-19-41(39-35(46)26-11-9-8-10-12-26)24-32(43)31(20-25-13-15-30(42)16-14-25)38-34(45)28-21-27(33(37)44)22-29(23-28)36(47)40(17-5-2)18-6-3/h25-32,42-43H,4-24H2,1-3H3,(H2,37,44)(H,38,45)(H,39,46). The van der Waals surface area contributed by atoms with Crippen LogP contribution < -0.4 is 16.5 Å². The molecule has 0 heterocycles. The highest BCUT2D eigenvalue weighted by Gasteiger charge is 2.41. The molecule has 11 heteroatoms. The van der Waals surface area contributed by atoms with Gasteiger partial charge in [-0.3, -0.25) is 24.6 Å². The summed E-state index contributed by atoms with van der Waals surface area (Å²) in [7, 11) is 0. The Morgan fingerprint density at radius 2 is 1.38 bits per heavy atom. The first kappa shape index (κ1) is 39.2. The molecule has 270 valence electrons. The van der Waals surface area contributed by atoms with Crippen molar-refractivity contribution in [3.8, 4) is 0 Å². The average molecular weight is 664 g/mol. The Hall–Kier alpha value is -2.24. The maximum atomic E-state index is 14.0. The van der Waals surface area contributed by atoms with Gasteiger partial charge in [0.15, 0.2) is 0 Å². The van der Waals surface area contributed by atoms with Gasteiger partial charge in [-0.2, -0.15) is 0 Å². The molecule has 3 saturated carbocycles. The molecular weight excluding hydrogens is 598 g/mol. The predicted molar refractivity (Wildman–Crippen MR) is 182 cm³/mol. The third kappa shape index (κ3) is 12.6. The van der Waals surface area contributed by atoms with E-state index >= 15 is 0 Å².